The van der Waals surface area contributed by atoms with Gasteiger partial charge in [0.2, 0.25) is 5.91 Å². The van der Waals surface area contributed by atoms with Gasteiger partial charge in [-0.1, -0.05) is 29.8 Å². The Morgan fingerprint density at radius 3 is 2.27 bits per heavy atom. The molecule has 1 aliphatic carbocycles. The first-order valence-electron chi connectivity index (χ1n) is 6.99. The number of rotatable bonds is 4. The van der Waals surface area contributed by atoms with Crippen molar-refractivity contribution in [3.8, 4) is 0 Å². The van der Waals surface area contributed by atoms with Crippen molar-refractivity contribution >= 4 is 23.4 Å². The summed E-state index contributed by atoms with van der Waals surface area (Å²) in [5.41, 5.74) is 6.70. The molecule has 0 aliphatic heterocycles. The van der Waals surface area contributed by atoms with Gasteiger partial charge >= 0.3 is 0 Å². The van der Waals surface area contributed by atoms with Gasteiger partial charge in [-0.3, -0.25) is 9.59 Å². The lowest BCUT2D eigenvalue weighted by atomic mass is 10.0. The van der Waals surface area contributed by atoms with Crippen LogP contribution in [0.15, 0.2) is 48.5 Å². The summed E-state index contributed by atoms with van der Waals surface area (Å²) in [5, 5.41) is 3.72. The lowest BCUT2D eigenvalue weighted by Crippen LogP contribution is -2.35. The molecule has 0 atom stereocenters. The second-order valence-corrected chi connectivity index (χ2v) is 5.92. The fourth-order valence-corrected chi connectivity index (χ4v) is 2.61. The number of halogens is 1. The van der Waals surface area contributed by atoms with E-state index in [1.807, 2.05) is 24.3 Å². The summed E-state index contributed by atoms with van der Waals surface area (Å²) in [4.78, 5) is 23.6. The molecule has 1 aliphatic rings. The standard InChI is InChI=1S/C17H15ClN2O2/c18-14-6-4-13(5-7-14)17(8-9-17)20-16(22)12-3-1-2-11(10-12)15(19)21/h1-7,10H,8-9H2,(H2,19,21)(H,20,22). The first-order valence-corrected chi connectivity index (χ1v) is 7.36. The van der Waals surface area contributed by atoms with Crippen molar-refractivity contribution in [2.75, 3.05) is 0 Å². The highest BCUT2D eigenvalue weighted by atomic mass is 35.5. The topological polar surface area (TPSA) is 72.2 Å². The lowest BCUT2D eigenvalue weighted by Gasteiger charge is -2.18. The summed E-state index contributed by atoms with van der Waals surface area (Å²) >= 11 is 5.90. The Kier molecular flexibility index (Phi) is 3.62. The number of carbonyl (C=O) groups is 2. The molecular weight excluding hydrogens is 300 g/mol. The van der Waals surface area contributed by atoms with Crippen LogP contribution in [-0.2, 0) is 5.54 Å². The predicted octanol–water partition coefficient (Wildman–Crippen LogP) is 2.86. The second-order valence-electron chi connectivity index (χ2n) is 5.49. The molecule has 3 N–H and O–H groups in total. The maximum atomic E-state index is 12.4. The van der Waals surface area contributed by atoms with E-state index in [1.54, 1.807) is 18.2 Å². The van der Waals surface area contributed by atoms with E-state index in [2.05, 4.69) is 5.32 Å². The van der Waals surface area contributed by atoms with Crippen molar-refractivity contribution in [2.24, 2.45) is 5.73 Å². The van der Waals surface area contributed by atoms with Gasteiger partial charge in [0.25, 0.3) is 5.91 Å². The van der Waals surface area contributed by atoms with Crippen LogP contribution in [-0.4, -0.2) is 11.8 Å². The molecule has 22 heavy (non-hydrogen) atoms. The normalized spacial score (nSPS) is 15.1. The summed E-state index contributed by atoms with van der Waals surface area (Å²) in [6, 6.07) is 13.9. The van der Waals surface area contributed by atoms with Crippen LogP contribution in [0.5, 0.6) is 0 Å². The second kappa shape index (κ2) is 5.46. The fourth-order valence-electron chi connectivity index (χ4n) is 2.48. The van der Waals surface area contributed by atoms with Crippen molar-refractivity contribution in [1.82, 2.24) is 5.32 Å². The minimum absolute atomic E-state index is 0.212. The molecule has 0 spiro atoms. The van der Waals surface area contributed by atoms with Gasteiger partial charge in [-0.05, 0) is 48.7 Å². The van der Waals surface area contributed by atoms with Gasteiger partial charge in [-0.2, -0.15) is 0 Å². The SMILES string of the molecule is NC(=O)c1cccc(C(=O)NC2(c3ccc(Cl)cc3)CC2)c1. The van der Waals surface area contributed by atoms with E-state index in [-0.39, 0.29) is 11.4 Å². The lowest BCUT2D eigenvalue weighted by molar-refractivity contribution is 0.0931. The van der Waals surface area contributed by atoms with E-state index in [9.17, 15) is 9.59 Å². The fraction of sp³-hybridized carbons (Fsp3) is 0.176. The Balaban J connectivity index is 1.81. The molecule has 0 unspecified atom stereocenters. The predicted molar refractivity (Wildman–Crippen MR) is 84.8 cm³/mol. The molecule has 0 radical (unpaired) electrons. The average Bonchev–Trinajstić information content (AvgIpc) is 3.28. The zero-order chi connectivity index (χ0) is 15.7. The number of nitrogens with two attached hydrogens (primary N) is 1. The van der Waals surface area contributed by atoms with Gasteiger partial charge in [-0.15, -0.1) is 0 Å². The van der Waals surface area contributed by atoms with Crippen molar-refractivity contribution in [1.29, 1.82) is 0 Å². The Hall–Kier alpha value is -2.33. The monoisotopic (exact) mass is 314 g/mol. The summed E-state index contributed by atoms with van der Waals surface area (Å²) in [5.74, 6) is -0.760. The van der Waals surface area contributed by atoms with Gasteiger partial charge in [0.05, 0.1) is 5.54 Å². The molecule has 0 bridgehead atoms. The molecule has 2 aromatic rings. The highest BCUT2D eigenvalue weighted by Gasteiger charge is 2.45. The molecule has 4 nitrogen and oxygen atoms in total. The van der Waals surface area contributed by atoms with Gasteiger partial charge in [0, 0.05) is 16.1 Å². The molecule has 2 amide bonds. The van der Waals surface area contributed by atoms with Crippen LogP contribution in [0, 0.1) is 0 Å². The summed E-state index contributed by atoms with van der Waals surface area (Å²) < 4.78 is 0. The highest BCUT2D eigenvalue weighted by molar-refractivity contribution is 6.30. The highest BCUT2D eigenvalue weighted by Crippen LogP contribution is 2.45. The maximum Gasteiger partial charge on any atom is 0.251 e. The van der Waals surface area contributed by atoms with Gasteiger partial charge < -0.3 is 11.1 Å². The van der Waals surface area contributed by atoms with Crippen LogP contribution in [0.1, 0.15) is 39.1 Å². The molecule has 2 aromatic carbocycles. The third-order valence-electron chi connectivity index (χ3n) is 3.91. The molecule has 5 heteroatoms. The molecular formula is C17H15ClN2O2. The number of carbonyl (C=O) groups excluding carboxylic acids is 2. The van der Waals surface area contributed by atoms with Crippen LogP contribution >= 0.6 is 11.6 Å². The van der Waals surface area contributed by atoms with Gasteiger partial charge in [-0.25, -0.2) is 0 Å². The van der Waals surface area contributed by atoms with E-state index in [0.29, 0.717) is 16.1 Å². The number of benzene rings is 2. The third-order valence-corrected chi connectivity index (χ3v) is 4.16. The Morgan fingerprint density at radius 2 is 1.68 bits per heavy atom. The smallest absolute Gasteiger partial charge is 0.251 e. The number of nitrogens with one attached hydrogen (secondary N) is 1. The first kappa shape index (κ1) is 14.6. The summed E-state index contributed by atoms with van der Waals surface area (Å²) in [7, 11) is 0. The van der Waals surface area contributed by atoms with Crippen LogP contribution in [0.25, 0.3) is 0 Å². The van der Waals surface area contributed by atoms with E-state index in [4.69, 9.17) is 17.3 Å². The Bertz CT molecular complexity index is 737. The Labute approximate surface area is 133 Å². The number of primary amides is 1. The van der Waals surface area contributed by atoms with E-state index in [1.165, 1.54) is 6.07 Å². The van der Waals surface area contributed by atoms with Gasteiger partial charge in [0.15, 0.2) is 0 Å². The van der Waals surface area contributed by atoms with Crippen molar-refractivity contribution in [3.05, 3.63) is 70.2 Å². The number of hydrogen-bond donors (Lipinski definition) is 2. The minimum Gasteiger partial charge on any atom is -0.366 e. The minimum atomic E-state index is -0.548. The van der Waals surface area contributed by atoms with E-state index in [0.717, 1.165) is 18.4 Å². The van der Waals surface area contributed by atoms with E-state index >= 15 is 0 Å². The summed E-state index contributed by atoms with van der Waals surface area (Å²) in [6.45, 7) is 0. The molecule has 112 valence electrons. The molecule has 0 saturated heterocycles. The van der Waals surface area contributed by atoms with Crippen molar-refractivity contribution in [3.63, 3.8) is 0 Å². The largest absolute Gasteiger partial charge is 0.366 e. The summed E-state index contributed by atoms with van der Waals surface area (Å²) in [6.07, 6.45) is 1.77. The molecule has 0 aromatic heterocycles. The zero-order valence-corrected chi connectivity index (χ0v) is 12.6. The Morgan fingerprint density at radius 1 is 1.05 bits per heavy atom. The molecule has 1 fully saturated rings. The molecule has 1 saturated carbocycles. The van der Waals surface area contributed by atoms with Crippen LogP contribution in [0.3, 0.4) is 0 Å². The van der Waals surface area contributed by atoms with Crippen molar-refractivity contribution < 1.29 is 9.59 Å². The number of amides is 2. The molecule has 0 heterocycles. The quantitative estimate of drug-likeness (QED) is 0.910. The molecule has 3 rings (SSSR count). The first-order chi connectivity index (χ1) is 10.5. The van der Waals surface area contributed by atoms with Crippen molar-refractivity contribution in [2.45, 2.75) is 18.4 Å². The number of hydrogen-bond acceptors (Lipinski definition) is 2. The van der Waals surface area contributed by atoms with Crippen LogP contribution in [0.4, 0.5) is 0 Å². The average molecular weight is 315 g/mol. The maximum absolute atomic E-state index is 12.4. The third kappa shape index (κ3) is 2.83. The van der Waals surface area contributed by atoms with Gasteiger partial charge in [0.1, 0.15) is 0 Å². The van der Waals surface area contributed by atoms with Crippen LogP contribution < -0.4 is 11.1 Å². The van der Waals surface area contributed by atoms with E-state index < -0.39 is 5.91 Å². The van der Waals surface area contributed by atoms with Crippen LogP contribution in [0.2, 0.25) is 5.02 Å². The zero-order valence-electron chi connectivity index (χ0n) is 11.8.